The molecule has 88 valence electrons. The predicted octanol–water partition coefficient (Wildman–Crippen LogP) is 3.59. The maximum Gasteiger partial charge on any atom is 0.358 e. The molecular formula is C10H4BrClFNO3. The van der Waals surface area contributed by atoms with Crippen LogP contribution in [0.2, 0.25) is 5.02 Å². The van der Waals surface area contributed by atoms with Gasteiger partial charge in [0.25, 0.3) is 0 Å². The van der Waals surface area contributed by atoms with Gasteiger partial charge >= 0.3 is 5.97 Å². The number of hydrogen-bond donors (Lipinski definition) is 1. The summed E-state index contributed by atoms with van der Waals surface area (Å²) < 4.78 is 18.9. The lowest BCUT2D eigenvalue weighted by Gasteiger charge is -2.03. The first-order valence-corrected chi connectivity index (χ1v) is 5.51. The molecule has 0 bridgehead atoms. The number of halogens is 3. The molecule has 1 heterocycles. The van der Waals surface area contributed by atoms with Crippen LogP contribution in [0, 0.1) is 5.82 Å². The van der Waals surface area contributed by atoms with Gasteiger partial charge in [0.15, 0.2) is 17.3 Å². The van der Waals surface area contributed by atoms with Crippen molar-refractivity contribution in [3.63, 3.8) is 0 Å². The monoisotopic (exact) mass is 319 g/mol. The molecule has 17 heavy (non-hydrogen) atoms. The van der Waals surface area contributed by atoms with Crippen molar-refractivity contribution in [3.8, 4) is 11.3 Å². The third-order valence-corrected chi connectivity index (χ3v) is 2.97. The van der Waals surface area contributed by atoms with E-state index in [4.69, 9.17) is 21.2 Å². The Bertz CT molecular complexity index is 599. The minimum Gasteiger partial charge on any atom is -0.476 e. The van der Waals surface area contributed by atoms with Gasteiger partial charge in [-0.1, -0.05) is 16.8 Å². The summed E-state index contributed by atoms with van der Waals surface area (Å²) in [6.07, 6.45) is 0. The van der Waals surface area contributed by atoms with Gasteiger partial charge in [-0.15, -0.1) is 0 Å². The van der Waals surface area contributed by atoms with Crippen LogP contribution in [0.1, 0.15) is 10.5 Å². The van der Waals surface area contributed by atoms with Crippen LogP contribution in [0.5, 0.6) is 0 Å². The standard InChI is InChI=1S/C10H4BrClFNO3/c11-4-1-2-5(12)9(13)8(4)7-3-6(10(15)16)14-17-7/h1-3H,(H,15,16). The third kappa shape index (κ3) is 2.18. The molecule has 0 atom stereocenters. The molecule has 1 N–H and O–H groups in total. The van der Waals surface area contributed by atoms with E-state index in [-0.39, 0.29) is 22.0 Å². The first kappa shape index (κ1) is 12.1. The third-order valence-electron chi connectivity index (χ3n) is 2.02. The molecule has 0 aliphatic carbocycles. The number of hydrogen-bond acceptors (Lipinski definition) is 3. The second kappa shape index (κ2) is 4.46. The van der Waals surface area contributed by atoms with Crippen molar-refractivity contribution in [2.45, 2.75) is 0 Å². The van der Waals surface area contributed by atoms with Gasteiger partial charge in [0.05, 0.1) is 10.6 Å². The fourth-order valence-corrected chi connectivity index (χ4v) is 1.91. The van der Waals surface area contributed by atoms with E-state index in [1.165, 1.54) is 12.1 Å². The largest absolute Gasteiger partial charge is 0.476 e. The summed E-state index contributed by atoms with van der Waals surface area (Å²) in [4.78, 5) is 10.6. The zero-order valence-corrected chi connectivity index (χ0v) is 10.4. The Balaban J connectivity index is 2.60. The van der Waals surface area contributed by atoms with Gasteiger partial charge in [0.2, 0.25) is 0 Å². The molecule has 2 rings (SSSR count). The van der Waals surface area contributed by atoms with Gasteiger partial charge in [-0.2, -0.15) is 0 Å². The maximum atomic E-state index is 13.8. The number of carbonyl (C=O) groups is 1. The van der Waals surface area contributed by atoms with Crippen LogP contribution in [0.25, 0.3) is 11.3 Å². The van der Waals surface area contributed by atoms with Crippen LogP contribution in [0.4, 0.5) is 4.39 Å². The highest BCUT2D eigenvalue weighted by Crippen LogP contribution is 2.34. The highest BCUT2D eigenvalue weighted by atomic mass is 79.9. The quantitative estimate of drug-likeness (QED) is 0.859. The molecular weight excluding hydrogens is 316 g/mol. The van der Waals surface area contributed by atoms with Gasteiger partial charge in [-0.25, -0.2) is 9.18 Å². The average molecular weight is 321 g/mol. The number of rotatable bonds is 2. The number of nitrogens with zero attached hydrogens (tertiary/aromatic N) is 1. The topological polar surface area (TPSA) is 63.3 Å². The summed E-state index contributed by atoms with van der Waals surface area (Å²) in [5.74, 6) is -1.96. The molecule has 0 saturated carbocycles. The lowest BCUT2D eigenvalue weighted by molar-refractivity contribution is 0.0686. The van der Waals surface area contributed by atoms with E-state index in [1.54, 1.807) is 0 Å². The van der Waals surface area contributed by atoms with Crippen molar-refractivity contribution in [2.24, 2.45) is 0 Å². The van der Waals surface area contributed by atoms with Crippen LogP contribution in [-0.2, 0) is 0 Å². The molecule has 0 aliphatic rings. The fourth-order valence-electron chi connectivity index (χ4n) is 1.25. The number of carboxylic acids is 1. The molecule has 1 aromatic carbocycles. The minimum atomic E-state index is -1.25. The average Bonchev–Trinajstić information content (AvgIpc) is 2.73. The normalized spacial score (nSPS) is 10.5. The molecule has 0 saturated heterocycles. The van der Waals surface area contributed by atoms with Gasteiger partial charge < -0.3 is 9.63 Å². The number of carboxylic acid groups (broad SMARTS) is 1. The molecule has 0 radical (unpaired) electrons. The van der Waals surface area contributed by atoms with Crippen molar-refractivity contribution in [1.29, 1.82) is 0 Å². The van der Waals surface area contributed by atoms with E-state index < -0.39 is 11.8 Å². The van der Waals surface area contributed by atoms with E-state index in [9.17, 15) is 9.18 Å². The van der Waals surface area contributed by atoms with Gasteiger partial charge in [-0.3, -0.25) is 0 Å². The minimum absolute atomic E-state index is 0.00530. The lowest BCUT2D eigenvalue weighted by Crippen LogP contribution is -1.94. The van der Waals surface area contributed by atoms with E-state index in [0.29, 0.717) is 4.47 Å². The Morgan fingerprint density at radius 3 is 2.82 bits per heavy atom. The van der Waals surface area contributed by atoms with E-state index in [0.717, 1.165) is 6.07 Å². The summed E-state index contributed by atoms with van der Waals surface area (Å²) in [7, 11) is 0. The maximum absolute atomic E-state index is 13.8. The van der Waals surface area contributed by atoms with E-state index in [2.05, 4.69) is 21.1 Å². The van der Waals surface area contributed by atoms with Crippen LogP contribution < -0.4 is 0 Å². The SMILES string of the molecule is O=C(O)c1cc(-c2c(Br)ccc(Cl)c2F)on1. The van der Waals surface area contributed by atoms with Crippen molar-refractivity contribution in [2.75, 3.05) is 0 Å². The second-order valence-corrected chi connectivity index (χ2v) is 4.36. The summed E-state index contributed by atoms with van der Waals surface area (Å²) in [6.45, 7) is 0. The Labute approximate surface area is 108 Å². The molecule has 0 spiro atoms. The molecule has 7 heteroatoms. The van der Waals surface area contributed by atoms with E-state index in [1.807, 2.05) is 0 Å². The van der Waals surface area contributed by atoms with E-state index >= 15 is 0 Å². The molecule has 0 fully saturated rings. The Hall–Kier alpha value is -1.40. The number of aromatic nitrogens is 1. The van der Waals surface area contributed by atoms with Gasteiger partial charge in [-0.05, 0) is 28.1 Å². The molecule has 2 aromatic rings. The molecule has 0 unspecified atom stereocenters. The smallest absolute Gasteiger partial charge is 0.358 e. The first-order valence-electron chi connectivity index (χ1n) is 4.34. The zero-order valence-electron chi connectivity index (χ0n) is 8.08. The Kier molecular flexibility index (Phi) is 3.17. The molecule has 4 nitrogen and oxygen atoms in total. The highest BCUT2D eigenvalue weighted by molar-refractivity contribution is 9.10. The Morgan fingerprint density at radius 1 is 1.53 bits per heavy atom. The van der Waals surface area contributed by atoms with Crippen molar-refractivity contribution < 1.29 is 18.8 Å². The highest BCUT2D eigenvalue weighted by Gasteiger charge is 2.19. The van der Waals surface area contributed by atoms with Crippen LogP contribution in [-0.4, -0.2) is 16.2 Å². The van der Waals surface area contributed by atoms with Crippen LogP contribution >= 0.6 is 27.5 Å². The number of benzene rings is 1. The fraction of sp³-hybridized carbons (Fsp3) is 0. The predicted molar refractivity (Wildman–Crippen MR) is 61.6 cm³/mol. The molecule has 0 aliphatic heterocycles. The second-order valence-electron chi connectivity index (χ2n) is 3.10. The lowest BCUT2D eigenvalue weighted by atomic mass is 10.1. The van der Waals surface area contributed by atoms with Crippen LogP contribution in [0.3, 0.4) is 0 Å². The van der Waals surface area contributed by atoms with Crippen molar-refractivity contribution in [1.82, 2.24) is 5.16 Å². The Morgan fingerprint density at radius 2 is 2.24 bits per heavy atom. The van der Waals surface area contributed by atoms with Gasteiger partial charge in [0.1, 0.15) is 0 Å². The number of aromatic carboxylic acids is 1. The van der Waals surface area contributed by atoms with Gasteiger partial charge in [0, 0.05) is 10.5 Å². The zero-order chi connectivity index (χ0) is 12.6. The molecule has 1 aromatic heterocycles. The summed E-state index contributed by atoms with van der Waals surface area (Å²) in [6, 6.07) is 4.03. The summed E-state index contributed by atoms with van der Waals surface area (Å²) in [5.41, 5.74) is -0.260. The molecule has 0 amide bonds. The van der Waals surface area contributed by atoms with Crippen LogP contribution in [0.15, 0.2) is 27.2 Å². The summed E-state index contributed by atoms with van der Waals surface area (Å²) in [5, 5.41) is 11.9. The summed E-state index contributed by atoms with van der Waals surface area (Å²) >= 11 is 8.76. The van der Waals surface area contributed by atoms with Crippen molar-refractivity contribution in [3.05, 3.63) is 39.2 Å². The van der Waals surface area contributed by atoms with Crippen molar-refractivity contribution >= 4 is 33.5 Å². The first-order chi connectivity index (χ1) is 8.00.